The van der Waals surface area contributed by atoms with Gasteiger partial charge >= 0.3 is 0 Å². The van der Waals surface area contributed by atoms with Gasteiger partial charge in [-0.05, 0) is 44.2 Å². The molecule has 0 saturated carbocycles. The first-order chi connectivity index (χ1) is 9.40. The maximum atomic E-state index is 12.3. The van der Waals surface area contributed by atoms with E-state index < -0.39 is 10.0 Å². The van der Waals surface area contributed by atoms with Crippen LogP contribution in [0.4, 0.5) is 0 Å². The van der Waals surface area contributed by atoms with Crippen molar-refractivity contribution < 1.29 is 13.2 Å². The largest absolute Gasteiger partial charge is 0.385 e. The Balaban J connectivity index is 2.89. The van der Waals surface area contributed by atoms with Crippen molar-refractivity contribution in [3.8, 4) is 0 Å². The molecule has 114 valence electrons. The summed E-state index contributed by atoms with van der Waals surface area (Å²) < 4.78 is 32.1. The molecule has 1 aromatic carbocycles. The molecule has 1 rings (SSSR count). The van der Waals surface area contributed by atoms with Crippen LogP contribution in [0.5, 0.6) is 0 Å². The molecular formula is C13H21ClN2O3S. The number of hydrogen-bond acceptors (Lipinski definition) is 4. The lowest BCUT2D eigenvalue weighted by Gasteiger charge is -2.14. The molecule has 0 radical (unpaired) electrons. The van der Waals surface area contributed by atoms with E-state index in [1.165, 1.54) is 6.07 Å². The number of halogens is 1. The molecule has 0 saturated heterocycles. The van der Waals surface area contributed by atoms with E-state index in [0.29, 0.717) is 24.6 Å². The van der Waals surface area contributed by atoms with Crippen molar-refractivity contribution in [2.75, 3.05) is 20.8 Å². The van der Waals surface area contributed by atoms with Crippen LogP contribution >= 0.6 is 11.6 Å². The summed E-state index contributed by atoms with van der Waals surface area (Å²) in [4.78, 5) is 0.219. The second kappa shape index (κ2) is 7.95. The molecule has 0 aliphatic heterocycles. The molecule has 0 aromatic heterocycles. The molecule has 0 heterocycles. The molecule has 20 heavy (non-hydrogen) atoms. The van der Waals surface area contributed by atoms with Crippen LogP contribution in [-0.2, 0) is 21.3 Å². The Labute approximate surface area is 125 Å². The molecule has 7 heteroatoms. The van der Waals surface area contributed by atoms with Gasteiger partial charge in [-0.25, -0.2) is 13.1 Å². The molecule has 0 aliphatic carbocycles. The molecular weight excluding hydrogens is 300 g/mol. The SMILES string of the molecule is CNCc1cc(S(=O)(=O)NC(C)CCOC)ccc1Cl. The van der Waals surface area contributed by atoms with Gasteiger partial charge < -0.3 is 10.1 Å². The smallest absolute Gasteiger partial charge is 0.240 e. The number of benzene rings is 1. The van der Waals surface area contributed by atoms with E-state index in [0.717, 1.165) is 5.56 Å². The van der Waals surface area contributed by atoms with Crippen molar-refractivity contribution in [3.63, 3.8) is 0 Å². The van der Waals surface area contributed by atoms with Crippen molar-refractivity contribution in [3.05, 3.63) is 28.8 Å². The number of hydrogen-bond donors (Lipinski definition) is 2. The molecule has 0 fully saturated rings. The van der Waals surface area contributed by atoms with Crippen LogP contribution < -0.4 is 10.0 Å². The van der Waals surface area contributed by atoms with Crippen molar-refractivity contribution in [1.82, 2.24) is 10.0 Å². The fraction of sp³-hybridized carbons (Fsp3) is 0.538. The van der Waals surface area contributed by atoms with E-state index in [4.69, 9.17) is 16.3 Å². The van der Waals surface area contributed by atoms with Crippen LogP contribution in [0.2, 0.25) is 5.02 Å². The molecule has 2 N–H and O–H groups in total. The Kier molecular flexibility index (Phi) is 6.91. The highest BCUT2D eigenvalue weighted by Gasteiger charge is 2.18. The minimum atomic E-state index is -3.54. The van der Waals surface area contributed by atoms with Crippen LogP contribution in [0.3, 0.4) is 0 Å². The lowest BCUT2D eigenvalue weighted by Crippen LogP contribution is -2.33. The molecule has 0 bridgehead atoms. The second-order valence-electron chi connectivity index (χ2n) is 4.59. The predicted molar refractivity (Wildman–Crippen MR) is 80.5 cm³/mol. The standard InChI is InChI=1S/C13H21ClN2O3S/c1-10(6-7-19-3)16-20(17,18)12-4-5-13(14)11(8-12)9-15-2/h4-5,8,10,15-16H,6-7,9H2,1-3H3. The van der Waals surface area contributed by atoms with Gasteiger partial charge in [0.1, 0.15) is 0 Å². The van der Waals surface area contributed by atoms with E-state index in [-0.39, 0.29) is 10.9 Å². The maximum Gasteiger partial charge on any atom is 0.240 e. The van der Waals surface area contributed by atoms with Gasteiger partial charge in [0.15, 0.2) is 0 Å². The summed E-state index contributed by atoms with van der Waals surface area (Å²) in [6.07, 6.45) is 0.618. The van der Waals surface area contributed by atoms with Crippen molar-refractivity contribution in [2.24, 2.45) is 0 Å². The lowest BCUT2D eigenvalue weighted by molar-refractivity contribution is 0.188. The van der Waals surface area contributed by atoms with Crippen LogP contribution in [0.15, 0.2) is 23.1 Å². The normalized spacial score (nSPS) is 13.4. The Morgan fingerprint density at radius 3 is 2.70 bits per heavy atom. The quantitative estimate of drug-likeness (QED) is 0.766. The van der Waals surface area contributed by atoms with E-state index in [9.17, 15) is 8.42 Å². The fourth-order valence-electron chi connectivity index (χ4n) is 1.73. The summed E-state index contributed by atoms with van der Waals surface area (Å²) in [7, 11) is -0.171. The number of nitrogens with one attached hydrogen (secondary N) is 2. The average Bonchev–Trinajstić information content (AvgIpc) is 2.38. The van der Waals surface area contributed by atoms with E-state index in [1.807, 2.05) is 0 Å². The lowest BCUT2D eigenvalue weighted by atomic mass is 10.2. The minimum absolute atomic E-state index is 0.191. The molecule has 5 nitrogen and oxygen atoms in total. The zero-order valence-corrected chi connectivity index (χ0v) is 13.5. The number of methoxy groups -OCH3 is 1. The number of sulfonamides is 1. The van der Waals surface area contributed by atoms with Gasteiger partial charge in [-0.3, -0.25) is 0 Å². The van der Waals surface area contributed by atoms with Gasteiger partial charge in [-0.2, -0.15) is 0 Å². The summed E-state index contributed by atoms with van der Waals surface area (Å²) >= 11 is 6.03. The van der Waals surface area contributed by atoms with Crippen molar-refractivity contribution in [2.45, 2.75) is 30.8 Å². The van der Waals surface area contributed by atoms with Crippen LogP contribution in [0, 0.1) is 0 Å². The molecule has 1 atom stereocenters. The molecule has 1 aromatic rings. The topological polar surface area (TPSA) is 67.4 Å². The van der Waals surface area contributed by atoms with Gasteiger partial charge in [-0.1, -0.05) is 11.6 Å². The summed E-state index contributed by atoms with van der Waals surface area (Å²) in [5.41, 5.74) is 0.751. The molecule has 0 spiro atoms. The summed E-state index contributed by atoms with van der Waals surface area (Å²) in [5.74, 6) is 0. The van der Waals surface area contributed by atoms with E-state index in [2.05, 4.69) is 10.0 Å². The van der Waals surface area contributed by atoms with Gasteiger partial charge in [-0.15, -0.1) is 0 Å². The first-order valence-electron chi connectivity index (χ1n) is 6.35. The predicted octanol–water partition coefficient (Wildman–Crippen LogP) is 1.76. The van der Waals surface area contributed by atoms with Gasteiger partial charge in [0.2, 0.25) is 10.0 Å². The second-order valence-corrected chi connectivity index (χ2v) is 6.71. The van der Waals surface area contributed by atoms with Gasteiger partial charge in [0.25, 0.3) is 0 Å². The van der Waals surface area contributed by atoms with Crippen LogP contribution in [0.1, 0.15) is 18.9 Å². The third-order valence-electron chi connectivity index (χ3n) is 2.81. The van der Waals surface area contributed by atoms with Crippen molar-refractivity contribution in [1.29, 1.82) is 0 Å². The minimum Gasteiger partial charge on any atom is -0.385 e. The third kappa shape index (κ3) is 5.03. The summed E-state index contributed by atoms with van der Waals surface area (Å²) in [6.45, 7) is 2.83. The highest BCUT2D eigenvalue weighted by Crippen LogP contribution is 2.20. The molecule has 1 unspecified atom stereocenters. The first-order valence-corrected chi connectivity index (χ1v) is 8.21. The maximum absolute atomic E-state index is 12.3. The molecule has 0 aliphatic rings. The van der Waals surface area contributed by atoms with Gasteiger partial charge in [0.05, 0.1) is 4.90 Å². The van der Waals surface area contributed by atoms with Crippen LogP contribution in [-0.4, -0.2) is 35.2 Å². The highest BCUT2D eigenvalue weighted by atomic mass is 35.5. The number of ether oxygens (including phenoxy) is 1. The fourth-order valence-corrected chi connectivity index (χ4v) is 3.24. The Morgan fingerprint density at radius 1 is 1.40 bits per heavy atom. The highest BCUT2D eigenvalue weighted by molar-refractivity contribution is 7.89. The summed E-state index contributed by atoms with van der Waals surface area (Å²) in [6, 6.07) is 4.50. The average molecular weight is 321 g/mol. The van der Waals surface area contributed by atoms with Gasteiger partial charge in [0, 0.05) is 31.3 Å². The Hall–Kier alpha value is -0.660. The van der Waals surface area contributed by atoms with E-state index in [1.54, 1.807) is 33.2 Å². The van der Waals surface area contributed by atoms with Crippen molar-refractivity contribution >= 4 is 21.6 Å². The first kappa shape index (κ1) is 17.4. The van der Waals surface area contributed by atoms with E-state index >= 15 is 0 Å². The molecule has 0 amide bonds. The Bertz CT molecular complexity index is 534. The third-order valence-corrected chi connectivity index (χ3v) is 4.76. The Morgan fingerprint density at radius 2 is 2.10 bits per heavy atom. The zero-order chi connectivity index (χ0) is 15.2. The zero-order valence-electron chi connectivity index (χ0n) is 11.9. The number of rotatable bonds is 8. The summed E-state index contributed by atoms with van der Waals surface area (Å²) in [5, 5.41) is 3.50. The van der Waals surface area contributed by atoms with Crippen LogP contribution in [0.25, 0.3) is 0 Å². The monoisotopic (exact) mass is 320 g/mol.